The van der Waals surface area contributed by atoms with Gasteiger partial charge in [0.2, 0.25) is 0 Å². The van der Waals surface area contributed by atoms with Gasteiger partial charge in [-0.2, -0.15) is 0 Å². The summed E-state index contributed by atoms with van der Waals surface area (Å²) in [5.74, 6) is 0. The first kappa shape index (κ1) is 19.3. The zero-order chi connectivity index (χ0) is 19.5. The number of hydrogen-bond donors (Lipinski definition) is 1. The van der Waals surface area contributed by atoms with Crippen molar-refractivity contribution < 1.29 is 0 Å². The van der Waals surface area contributed by atoms with Crippen LogP contribution in [0, 0.1) is 6.92 Å². The van der Waals surface area contributed by atoms with E-state index in [-0.39, 0.29) is 0 Å². The SMILES string of the molecule is Cc1cc(N2CCNC[C@@H]2C)ccc1N1CCN(Cc2ccccc2)[C@@H](C)C1. The van der Waals surface area contributed by atoms with E-state index in [1.807, 2.05) is 0 Å². The molecule has 2 fully saturated rings. The Morgan fingerprint density at radius 3 is 2.50 bits per heavy atom. The molecule has 0 bridgehead atoms. The van der Waals surface area contributed by atoms with E-state index in [9.17, 15) is 0 Å². The Labute approximate surface area is 170 Å². The van der Waals surface area contributed by atoms with Crippen molar-refractivity contribution in [2.45, 2.75) is 39.4 Å². The number of piperazine rings is 2. The van der Waals surface area contributed by atoms with Crippen LogP contribution in [0.2, 0.25) is 0 Å². The molecule has 4 nitrogen and oxygen atoms in total. The maximum absolute atomic E-state index is 3.48. The fourth-order valence-corrected chi connectivity index (χ4v) is 4.66. The van der Waals surface area contributed by atoms with E-state index in [1.165, 1.54) is 22.5 Å². The predicted octanol–water partition coefficient (Wildman–Crippen LogP) is 3.50. The molecule has 0 radical (unpaired) electrons. The third-order valence-electron chi connectivity index (χ3n) is 6.35. The van der Waals surface area contributed by atoms with Crippen LogP contribution >= 0.6 is 0 Å². The Morgan fingerprint density at radius 2 is 1.79 bits per heavy atom. The van der Waals surface area contributed by atoms with Gasteiger partial charge in [0.05, 0.1) is 0 Å². The van der Waals surface area contributed by atoms with Gasteiger partial charge in [-0.3, -0.25) is 4.90 Å². The van der Waals surface area contributed by atoms with Crippen molar-refractivity contribution in [3.05, 3.63) is 59.7 Å². The maximum Gasteiger partial charge on any atom is 0.0398 e. The van der Waals surface area contributed by atoms with E-state index in [0.717, 1.165) is 45.8 Å². The number of hydrogen-bond acceptors (Lipinski definition) is 4. The van der Waals surface area contributed by atoms with Crippen LogP contribution in [0.5, 0.6) is 0 Å². The van der Waals surface area contributed by atoms with E-state index in [4.69, 9.17) is 0 Å². The lowest BCUT2D eigenvalue weighted by Crippen LogP contribution is -2.51. The summed E-state index contributed by atoms with van der Waals surface area (Å²) in [5.41, 5.74) is 5.57. The smallest absolute Gasteiger partial charge is 0.0398 e. The molecular formula is C24H34N4. The van der Waals surface area contributed by atoms with E-state index < -0.39 is 0 Å². The molecule has 4 rings (SSSR count). The monoisotopic (exact) mass is 378 g/mol. The van der Waals surface area contributed by atoms with Gasteiger partial charge < -0.3 is 15.1 Å². The third kappa shape index (κ3) is 4.18. The van der Waals surface area contributed by atoms with E-state index in [2.05, 4.69) is 89.3 Å². The normalized spacial score (nSPS) is 23.8. The Kier molecular flexibility index (Phi) is 5.88. The zero-order valence-electron chi connectivity index (χ0n) is 17.6. The van der Waals surface area contributed by atoms with Crippen LogP contribution < -0.4 is 15.1 Å². The van der Waals surface area contributed by atoms with E-state index in [0.29, 0.717) is 12.1 Å². The predicted molar refractivity (Wildman–Crippen MR) is 119 cm³/mol. The van der Waals surface area contributed by atoms with Gasteiger partial charge in [-0.1, -0.05) is 30.3 Å². The number of benzene rings is 2. The molecule has 2 aromatic carbocycles. The molecule has 0 aliphatic carbocycles. The summed E-state index contributed by atoms with van der Waals surface area (Å²) >= 11 is 0. The molecule has 2 atom stereocenters. The zero-order valence-corrected chi connectivity index (χ0v) is 17.6. The minimum absolute atomic E-state index is 0.556. The molecule has 28 heavy (non-hydrogen) atoms. The molecule has 2 aliphatic rings. The number of nitrogens with one attached hydrogen (secondary N) is 1. The van der Waals surface area contributed by atoms with Crippen LogP contribution in [-0.2, 0) is 6.54 Å². The molecule has 0 spiro atoms. The minimum atomic E-state index is 0.556. The lowest BCUT2D eigenvalue weighted by atomic mass is 10.1. The highest BCUT2D eigenvalue weighted by atomic mass is 15.3. The molecule has 2 saturated heterocycles. The highest BCUT2D eigenvalue weighted by molar-refractivity contribution is 5.62. The molecular weight excluding hydrogens is 344 g/mol. The summed E-state index contributed by atoms with van der Waals surface area (Å²) < 4.78 is 0. The first-order valence-electron chi connectivity index (χ1n) is 10.7. The van der Waals surface area contributed by atoms with Crippen LogP contribution in [0.1, 0.15) is 25.0 Å². The molecule has 150 valence electrons. The standard InChI is InChI=1S/C24H34N4/c1-19-15-23(28-12-11-25-16-20(28)2)9-10-24(19)27-14-13-26(21(3)17-27)18-22-7-5-4-6-8-22/h4-10,15,20-21,25H,11-14,16-18H2,1-3H3/t20-,21-/m0/s1. The van der Waals surface area contributed by atoms with Crippen LogP contribution in [-0.4, -0.2) is 56.3 Å². The minimum Gasteiger partial charge on any atom is -0.368 e. The largest absolute Gasteiger partial charge is 0.368 e. The van der Waals surface area contributed by atoms with Crippen molar-refractivity contribution in [3.8, 4) is 0 Å². The second-order valence-corrected chi connectivity index (χ2v) is 8.47. The topological polar surface area (TPSA) is 21.8 Å². The first-order chi connectivity index (χ1) is 13.6. The number of anilines is 2. The Hall–Kier alpha value is -2.04. The van der Waals surface area contributed by atoms with Crippen LogP contribution in [0.4, 0.5) is 11.4 Å². The third-order valence-corrected chi connectivity index (χ3v) is 6.35. The molecule has 0 unspecified atom stereocenters. The second kappa shape index (κ2) is 8.54. The van der Waals surface area contributed by atoms with Gasteiger partial charge in [-0.25, -0.2) is 0 Å². The molecule has 0 aromatic heterocycles. The van der Waals surface area contributed by atoms with Gasteiger partial charge in [0, 0.05) is 69.3 Å². The first-order valence-corrected chi connectivity index (χ1v) is 10.7. The maximum atomic E-state index is 3.48. The van der Waals surface area contributed by atoms with Crippen molar-refractivity contribution in [3.63, 3.8) is 0 Å². The van der Waals surface area contributed by atoms with Crippen molar-refractivity contribution in [1.82, 2.24) is 10.2 Å². The fraction of sp³-hybridized carbons (Fsp3) is 0.500. The highest BCUT2D eigenvalue weighted by Crippen LogP contribution is 2.29. The molecule has 0 saturated carbocycles. The van der Waals surface area contributed by atoms with Crippen LogP contribution in [0.15, 0.2) is 48.5 Å². The lowest BCUT2D eigenvalue weighted by Gasteiger charge is -2.42. The quantitative estimate of drug-likeness (QED) is 0.879. The summed E-state index contributed by atoms with van der Waals surface area (Å²) in [6.07, 6.45) is 0. The molecule has 2 heterocycles. The molecule has 2 aromatic rings. The van der Waals surface area contributed by atoms with Gasteiger partial charge in [-0.05, 0) is 50.1 Å². The van der Waals surface area contributed by atoms with Gasteiger partial charge in [0.1, 0.15) is 0 Å². The summed E-state index contributed by atoms with van der Waals surface area (Å²) in [6.45, 7) is 14.5. The Balaban J connectivity index is 1.42. The summed E-state index contributed by atoms with van der Waals surface area (Å²) in [5, 5.41) is 3.48. The lowest BCUT2D eigenvalue weighted by molar-refractivity contribution is 0.181. The molecule has 1 N–H and O–H groups in total. The van der Waals surface area contributed by atoms with Crippen molar-refractivity contribution in [2.24, 2.45) is 0 Å². The second-order valence-electron chi connectivity index (χ2n) is 8.47. The number of aryl methyl sites for hydroxylation is 1. The van der Waals surface area contributed by atoms with Crippen molar-refractivity contribution in [2.75, 3.05) is 49.1 Å². The Morgan fingerprint density at radius 1 is 0.964 bits per heavy atom. The van der Waals surface area contributed by atoms with E-state index >= 15 is 0 Å². The van der Waals surface area contributed by atoms with Crippen LogP contribution in [0.3, 0.4) is 0 Å². The van der Waals surface area contributed by atoms with E-state index in [1.54, 1.807) is 0 Å². The number of rotatable bonds is 4. The van der Waals surface area contributed by atoms with Crippen molar-refractivity contribution in [1.29, 1.82) is 0 Å². The molecule has 4 heteroatoms. The Bertz CT molecular complexity index is 775. The fourth-order valence-electron chi connectivity index (χ4n) is 4.66. The summed E-state index contributed by atoms with van der Waals surface area (Å²) in [6, 6.07) is 19.0. The number of nitrogens with zero attached hydrogens (tertiary/aromatic N) is 3. The van der Waals surface area contributed by atoms with Gasteiger partial charge in [0.25, 0.3) is 0 Å². The summed E-state index contributed by atoms with van der Waals surface area (Å²) in [4.78, 5) is 7.72. The van der Waals surface area contributed by atoms with Gasteiger partial charge in [-0.15, -0.1) is 0 Å². The van der Waals surface area contributed by atoms with Crippen LogP contribution in [0.25, 0.3) is 0 Å². The average Bonchev–Trinajstić information content (AvgIpc) is 2.71. The average molecular weight is 379 g/mol. The molecule has 2 aliphatic heterocycles. The summed E-state index contributed by atoms with van der Waals surface area (Å²) in [7, 11) is 0. The highest BCUT2D eigenvalue weighted by Gasteiger charge is 2.25. The van der Waals surface area contributed by atoms with Gasteiger partial charge in [0.15, 0.2) is 0 Å². The molecule has 0 amide bonds. The van der Waals surface area contributed by atoms with Crippen molar-refractivity contribution >= 4 is 11.4 Å². The van der Waals surface area contributed by atoms with Gasteiger partial charge >= 0.3 is 0 Å².